The van der Waals surface area contributed by atoms with E-state index >= 15 is 0 Å². The van der Waals surface area contributed by atoms with E-state index < -0.39 is 23.8 Å². The third-order valence-corrected chi connectivity index (χ3v) is 3.74. The molecule has 0 amide bonds. The van der Waals surface area contributed by atoms with Gasteiger partial charge in [0.05, 0.1) is 14.2 Å². The van der Waals surface area contributed by atoms with Crippen LogP contribution >= 0.6 is 0 Å². The maximum absolute atomic E-state index is 12.6. The minimum Gasteiger partial charge on any atom is -0.468 e. The van der Waals surface area contributed by atoms with Crippen LogP contribution in [0.2, 0.25) is 0 Å². The second-order valence-corrected chi connectivity index (χ2v) is 5.23. The van der Waals surface area contributed by atoms with Gasteiger partial charge in [-0.3, -0.25) is 24.4 Å². The molecule has 2 aromatic heterocycles. The Labute approximate surface area is 145 Å². The zero-order valence-corrected chi connectivity index (χ0v) is 13.9. The van der Waals surface area contributed by atoms with E-state index in [-0.39, 0.29) is 17.9 Å². The summed E-state index contributed by atoms with van der Waals surface area (Å²) < 4.78 is 9.46. The summed E-state index contributed by atoms with van der Waals surface area (Å²) in [6, 6.07) is 10.0. The zero-order chi connectivity index (χ0) is 18.2. The highest BCUT2D eigenvalue weighted by Gasteiger charge is 2.40. The molecule has 2 aromatic rings. The van der Waals surface area contributed by atoms with E-state index in [1.165, 1.54) is 26.6 Å². The smallest absolute Gasteiger partial charge is 0.320 e. The molecular formula is C18H18N2O5. The lowest BCUT2D eigenvalue weighted by Gasteiger charge is -2.22. The first-order chi connectivity index (χ1) is 12.1. The van der Waals surface area contributed by atoms with Crippen molar-refractivity contribution in [3.8, 4) is 0 Å². The van der Waals surface area contributed by atoms with Gasteiger partial charge in [0.1, 0.15) is 5.69 Å². The molecule has 2 heterocycles. The van der Waals surface area contributed by atoms with Crippen LogP contribution in [0.5, 0.6) is 0 Å². The normalized spacial score (nSPS) is 11.6. The molecule has 1 atom stereocenters. The Hall–Kier alpha value is -3.09. The minimum atomic E-state index is -1.29. The van der Waals surface area contributed by atoms with Crippen molar-refractivity contribution in [3.63, 3.8) is 0 Å². The summed E-state index contributed by atoms with van der Waals surface area (Å²) in [4.78, 5) is 45.1. The summed E-state index contributed by atoms with van der Waals surface area (Å²) in [6.45, 7) is 0. The molecular weight excluding hydrogens is 324 g/mol. The van der Waals surface area contributed by atoms with Crippen molar-refractivity contribution in [1.82, 2.24) is 9.97 Å². The second-order valence-electron chi connectivity index (χ2n) is 5.23. The molecule has 0 saturated heterocycles. The highest BCUT2D eigenvalue weighted by molar-refractivity contribution is 5.99. The van der Waals surface area contributed by atoms with Gasteiger partial charge >= 0.3 is 11.9 Å². The van der Waals surface area contributed by atoms with E-state index in [2.05, 4.69) is 9.97 Å². The predicted octanol–water partition coefficient (Wildman–Crippen LogP) is 1.80. The first-order valence-electron chi connectivity index (χ1n) is 7.59. The Morgan fingerprint density at radius 2 is 1.52 bits per heavy atom. The summed E-state index contributed by atoms with van der Waals surface area (Å²) in [6.07, 6.45) is 2.89. The van der Waals surface area contributed by atoms with E-state index in [9.17, 15) is 14.4 Å². The Balaban J connectivity index is 2.40. The van der Waals surface area contributed by atoms with Gasteiger partial charge in [-0.2, -0.15) is 0 Å². The van der Waals surface area contributed by atoms with Crippen molar-refractivity contribution in [2.75, 3.05) is 14.2 Å². The van der Waals surface area contributed by atoms with Crippen molar-refractivity contribution in [2.24, 2.45) is 5.92 Å². The van der Waals surface area contributed by atoms with Gasteiger partial charge in [0, 0.05) is 30.4 Å². The van der Waals surface area contributed by atoms with Crippen LogP contribution in [0, 0.1) is 5.92 Å². The fourth-order valence-corrected chi connectivity index (χ4v) is 2.50. The Morgan fingerprint density at radius 3 is 2.00 bits per heavy atom. The first kappa shape index (κ1) is 18.3. The number of carbonyl (C=O) groups excluding carboxylic acids is 3. The first-order valence-corrected chi connectivity index (χ1v) is 7.59. The average molecular weight is 342 g/mol. The van der Waals surface area contributed by atoms with Gasteiger partial charge in [0.15, 0.2) is 11.7 Å². The number of ketones is 1. The number of methoxy groups -OCH3 is 2. The molecule has 0 bridgehead atoms. The lowest BCUT2D eigenvalue weighted by molar-refractivity contribution is -0.160. The number of hydrogen-bond donors (Lipinski definition) is 0. The average Bonchev–Trinajstić information content (AvgIpc) is 2.68. The number of hydrogen-bond acceptors (Lipinski definition) is 7. The molecule has 1 unspecified atom stereocenters. The fourth-order valence-electron chi connectivity index (χ4n) is 2.50. The Bertz CT molecular complexity index is 718. The molecule has 0 radical (unpaired) electrons. The van der Waals surface area contributed by atoms with Gasteiger partial charge in [-0.25, -0.2) is 0 Å². The van der Waals surface area contributed by atoms with Crippen molar-refractivity contribution in [2.45, 2.75) is 12.3 Å². The van der Waals surface area contributed by atoms with Crippen LogP contribution in [0.25, 0.3) is 0 Å². The molecule has 0 saturated carbocycles. The molecule has 7 heteroatoms. The quantitative estimate of drug-likeness (QED) is 0.430. The van der Waals surface area contributed by atoms with Gasteiger partial charge in [-0.1, -0.05) is 12.1 Å². The maximum Gasteiger partial charge on any atom is 0.320 e. The van der Waals surface area contributed by atoms with E-state index in [4.69, 9.17) is 9.47 Å². The number of aromatic nitrogens is 2. The van der Waals surface area contributed by atoms with Crippen molar-refractivity contribution in [3.05, 3.63) is 60.2 Å². The predicted molar refractivity (Wildman–Crippen MR) is 87.7 cm³/mol. The lowest BCUT2D eigenvalue weighted by Crippen LogP contribution is -2.34. The second kappa shape index (κ2) is 8.68. The van der Waals surface area contributed by atoms with Crippen molar-refractivity contribution < 1.29 is 23.9 Å². The number of Topliss-reactive ketones (excluding diaryl/α,β-unsaturated/α-hetero) is 1. The summed E-state index contributed by atoms with van der Waals surface area (Å²) in [5.74, 6) is -3.99. The van der Waals surface area contributed by atoms with Crippen molar-refractivity contribution >= 4 is 17.7 Å². The Morgan fingerprint density at radius 1 is 0.920 bits per heavy atom. The topological polar surface area (TPSA) is 95.5 Å². The van der Waals surface area contributed by atoms with Crippen LogP contribution in [0.3, 0.4) is 0 Å². The molecule has 0 fully saturated rings. The number of rotatable bonds is 7. The van der Waals surface area contributed by atoms with E-state index in [0.717, 1.165) is 0 Å². The molecule has 25 heavy (non-hydrogen) atoms. The van der Waals surface area contributed by atoms with Gasteiger partial charge in [-0.05, 0) is 24.3 Å². The van der Waals surface area contributed by atoms with Gasteiger partial charge < -0.3 is 9.47 Å². The molecule has 0 aliphatic rings. The third-order valence-electron chi connectivity index (χ3n) is 3.74. The summed E-state index contributed by atoms with van der Waals surface area (Å²) in [7, 11) is 2.35. The van der Waals surface area contributed by atoms with E-state index in [1.54, 1.807) is 36.4 Å². The van der Waals surface area contributed by atoms with Crippen LogP contribution in [0.15, 0.2) is 48.8 Å². The monoisotopic (exact) mass is 342 g/mol. The molecule has 7 nitrogen and oxygen atoms in total. The minimum absolute atomic E-state index is 0.136. The number of ether oxygens (including phenoxy) is 2. The van der Waals surface area contributed by atoms with Crippen LogP contribution < -0.4 is 0 Å². The molecule has 0 aliphatic heterocycles. The standard InChI is InChI=1S/C18H18N2O5/c1-24-17(22)16(18(23)25-2)12(13-7-3-5-9-19-13)11-15(21)14-8-4-6-10-20-14/h3-10,12,16H,11H2,1-2H3. The summed E-state index contributed by atoms with van der Waals surface area (Å²) >= 11 is 0. The van der Waals surface area contributed by atoms with Crippen LogP contribution in [0.4, 0.5) is 0 Å². The Kier molecular flexibility index (Phi) is 6.33. The fraction of sp³-hybridized carbons (Fsp3) is 0.278. The van der Waals surface area contributed by atoms with Crippen molar-refractivity contribution in [1.29, 1.82) is 0 Å². The van der Waals surface area contributed by atoms with Gasteiger partial charge in [0.2, 0.25) is 0 Å². The highest BCUT2D eigenvalue weighted by atomic mass is 16.5. The highest BCUT2D eigenvalue weighted by Crippen LogP contribution is 2.30. The molecule has 0 N–H and O–H groups in total. The largest absolute Gasteiger partial charge is 0.468 e. The van der Waals surface area contributed by atoms with E-state index in [1.807, 2.05) is 0 Å². The number of pyridine rings is 2. The number of esters is 2. The number of nitrogens with zero attached hydrogens (tertiary/aromatic N) is 2. The SMILES string of the molecule is COC(=O)C(C(=O)OC)C(CC(=O)c1ccccn1)c1ccccn1. The molecule has 0 aromatic carbocycles. The van der Waals surface area contributed by atoms with Crippen LogP contribution in [-0.4, -0.2) is 41.9 Å². The van der Waals surface area contributed by atoms with Crippen LogP contribution in [0.1, 0.15) is 28.5 Å². The maximum atomic E-state index is 12.6. The molecule has 2 rings (SSSR count). The van der Waals surface area contributed by atoms with Crippen LogP contribution in [-0.2, 0) is 19.1 Å². The van der Waals surface area contributed by atoms with E-state index in [0.29, 0.717) is 5.69 Å². The third kappa shape index (κ3) is 4.47. The summed E-state index contributed by atoms with van der Waals surface area (Å²) in [5.41, 5.74) is 0.671. The number of carbonyl (C=O) groups is 3. The molecule has 0 aliphatic carbocycles. The summed E-state index contributed by atoms with van der Waals surface area (Å²) in [5, 5.41) is 0. The van der Waals surface area contributed by atoms with Gasteiger partial charge in [0.25, 0.3) is 0 Å². The lowest BCUT2D eigenvalue weighted by atomic mass is 9.84. The van der Waals surface area contributed by atoms with Gasteiger partial charge in [-0.15, -0.1) is 0 Å². The molecule has 0 spiro atoms. The zero-order valence-electron chi connectivity index (χ0n) is 13.9. The molecule has 130 valence electrons.